The normalized spacial score (nSPS) is 16.3. The van der Waals surface area contributed by atoms with Gasteiger partial charge in [0.05, 0.1) is 27.0 Å². The molecule has 0 aliphatic heterocycles. The van der Waals surface area contributed by atoms with Crippen LogP contribution in [0.1, 0.15) is 29.0 Å². The molecule has 0 saturated heterocycles. The van der Waals surface area contributed by atoms with Crippen molar-refractivity contribution in [1.29, 1.82) is 0 Å². The van der Waals surface area contributed by atoms with Crippen LogP contribution in [0, 0.1) is 5.92 Å². The summed E-state index contributed by atoms with van der Waals surface area (Å²) < 4.78 is 15.9. The molecule has 0 spiro atoms. The molecule has 1 atom stereocenters. The van der Waals surface area contributed by atoms with Gasteiger partial charge in [-0.05, 0) is 43.0 Å². The Morgan fingerprint density at radius 3 is 2.42 bits per heavy atom. The van der Waals surface area contributed by atoms with E-state index >= 15 is 0 Å². The van der Waals surface area contributed by atoms with Gasteiger partial charge in [0.15, 0.2) is 0 Å². The third-order valence-corrected chi connectivity index (χ3v) is 4.37. The number of benzene rings is 1. The van der Waals surface area contributed by atoms with E-state index in [1.165, 1.54) is 20.5 Å². The Kier molecular flexibility index (Phi) is 4.49. The van der Waals surface area contributed by atoms with Crippen molar-refractivity contribution in [3.05, 3.63) is 47.9 Å². The second-order valence-electron chi connectivity index (χ2n) is 5.90. The Hall–Kier alpha value is -2.47. The van der Waals surface area contributed by atoms with Crippen LogP contribution in [0.25, 0.3) is 0 Å². The van der Waals surface area contributed by atoms with Gasteiger partial charge in [0.25, 0.3) is 5.91 Å². The summed E-state index contributed by atoms with van der Waals surface area (Å²) in [6.07, 6.45) is 3.34. The molecule has 6 nitrogen and oxygen atoms in total. The van der Waals surface area contributed by atoms with Crippen LogP contribution in [0.15, 0.2) is 41.0 Å². The van der Waals surface area contributed by atoms with E-state index in [1.807, 2.05) is 0 Å². The standard InChI is InChI=1S/C18H21NO5/c1-22-13-5-3-6-14(23-2)16(13)17(20)19-11-18(21,12-8-9-12)15-7-4-10-24-15/h3-7,10,12,21H,8-9,11H2,1-2H3,(H,19,20). The molecule has 1 heterocycles. The van der Waals surface area contributed by atoms with Crippen LogP contribution < -0.4 is 14.8 Å². The fourth-order valence-electron chi connectivity index (χ4n) is 2.90. The van der Waals surface area contributed by atoms with E-state index in [2.05, 4.69) is 5.32 Å². The molecule has 2 aromatic rings. The second-order valence-corrected chi connectivity index (χ2v) is 5.90. The van der Waals surface area contributed by atoms with E-state index in [9.17, 15) is 9.90 Å². The van der Waals surface area contributed by atoms with Crippen LogP contribution in [0.5, 0.6) is 11.5 Å². The summed E-state index contributed by atoms with van der Waals surface area (Å²) in [5, 5.41) is 13.8. The van der Waals surface area contributed by atoms with Crippen LogP contribution >= 0.6 is 0 Å². The molecule has 1 aliphatic rings. The lowest BCUT2D eigenvalue weighted by Gasteiger charge is -2.26. The molecule has 1 aliphatic carbocycles. The van der Waals surface area contributed by atoms with Gasteiger partial charge in [-0.15, -0.1) is 0 Å². The maximum atomic E-state index is 12.7. The highest BCUT2D eigenvalue weighted by Gasteiger charge is 2.47. The zero-order valence-electron chi connectivity index (χ0n) is 13.7. The van der Waals surface area contributed by atoms with Gasteiger partial charge in [-0.1, -0.05) is 6.07 Å². The molecule has 0 radical (unpaired) electrons. The lowest BCUT2D eigenvalue weighted by atomic mass is 9.94. The molecule has 6 heteroatoms. The molecule has 1 amide bonds. The number of hydrogen-bond acceptors (Lipinski definition) is 5. The number of nitrogens with one attached hydrogen (secondary N) is 1. The van der Waals surface area contributed by atoms with Crippen molar-refractivity contribution in [2.45, 2.75) is 18.4 Å². The van der Waals surface area contributed by atoms with E-state index in [0.29, 0.717) is 22.8 Å². The molecule has 2 N–H and O–H groups in total. The number of rotatable bonds is 7. The lowest BCUT2D eigenvalue weighted by molar-refractivity contribution is -0.00615. The average Bonchev–Trinajstić information content (AvgIpc) is 3.33. The minimum absolute atomic E-state index is 0.0607. The van der Waals surface area contributed by atoms with Crippen molar-refractivity contribution in [2.75, 3.05) is 20.8 Å². The number of carbonyl (C=O) groups excluding carboxylic acids is 1. The minimum atomic E-state index is -1.20. The highest BCUT2D eigenvalue weighted by atomic mass is 16.5. The Bertz CT molecular complexity index is 686. The second kappa shape index (κ2) is 6.57. The first kappa shape index (κ1) is 16.4. The number of aliphatic hydroxyl groups is 1. The Labute approximate surface area is 140 Å². The number of furan rings is 1. The third kappa shape index (κ3) is 2.97. The molecular formula is C18H21NO5. The maximum Gasteiger partial charge on any atom is 0.258 e. The highest BCUT2D eigenvalue weighted by Crippen LogP contribution is 2.45. The summed E-state index contributed by atoms with van der Waals surface area (Å²) in [5.74, 6) is 1.02. The van der Waals surface area contributed by atoms with Crippen molar-refractivity contribution in [2.24, 2.45) is 5.92 Å². The van der Waals surface area contributed by atoms with Gasteiger partial charge in [-0.2, -0.15) is 0 Å². The Morgan fingerprint density at radius 1 is 1.25 bits per heavy atom. The molecule has 1 saturated carbocycles. The summed E-state index contributed by atoms with van der Waals surface area (Å²) in [6, 6.07) is 8.59. The number of hydrogen-bond donors (Lipinski definition) is 2. The van der Waals surface area contributed by atoms with E-state index in [-0.39, 0.29) is 18.4 Å². The summed E-state index contributed by atoms with van der Waals surface area (Å²) in [6.45, 7) is 0.0607. The first-order chi connectivity index (χ1) is 11.6. The fraction of sp³-hybridized carbons (Fsp3) is 0.389. The van der Waals surface area contributed by atoms with Crippen molar-refractivity contribution in [3.63, 3.8) is 0 Å². The number of amides is 1. The van der Waals surface area contributed by atoms with Crippen molar-refractivity contribution < 1.29 is 23.8 Å². The first-order valence-electron chi connectivity index (χ1n) is 7.85. The van der Waals surface area contributed by atoms with Crippen LogP contribution in [0.2, 0.25) is 0 Å². The number of methoxy groups -OCH3 is 2. The van der Waals surface area contributed by atoms with Crippen LogP contribution in [-0.4, -0.2) is 31.8 Å². The van der Waals surface area contributed by atoms with E-state index < -0.39 is 5.60 Å². The molecule has 0 bridgehead atoms. The largest absolute Gasteiger partial charge is 0.496 e. The molecular weight excluding hydrogens is 310 g/mol. The molecule has 1 aromatic heterocycles. The quantitative estimate of drug-likeness (QED) is 0.814. The third-order valence-electron chi connectivity index (χ3n) is 4.37. The summed E-state index contributed by atoms with van der Waals surface area (Å²) in [4.78, 5) is 12.7. The van der Waals surface area contributed by atoms with E-state index in [4.69, 9.17) is 13.9 Å². The van der Waals surface area contributed by atoms with Crippen molar-refractivity contribution >= 4 is 5.91 Å². The van der Waals surface area contributed by atoms with E-state index in [1.54, 1.807) is 30.3 Å². The smallest absolute Gasteiger partial charge is 0.258 e. The lowest BCUT2D eigenvalue weighted by Crippen LogP contribution is -2.42. The fourth-order valence-corrected chi connectivity index (χ4v) is 2.90. The molecule has 1 fully saturated rings. The molecule has 1 unspecified atom stereocenters. The molecule has 1 aromatic carbocycles. The van der Waals surface area contributed by atoms with Crippen LogP contribution in [0.3, 0.4) is 0 Å². The monoisotopic (exact) mass is 331 g/mol. The average molecular weight is 331 g/mol. The zero-order valence-corrected chi connectivity index (χ0v) is 13.7. The maximum absolute atomic E-state index is 12.7. The summed E-state index contributed by atoms with van der Waals surface area (Å²) in [5.41, 5.74) is -0.894. The van der Waals surface area contributed by atoms with Crippen LogP contribution in [-0.2, 0) is 5.60 Å². The SMILES string of the molecule is COc1cccc(OC)c1C(=O)NCC(O)(c1ccco1)C1CC1. The van der Waals surface area contributed by atoms with Gasteiger partial charge >= 0.3 is 0 Å². The topological polar surface area (TPSA) is 80.9 Å². The van der Waals surface area contributed by atoms with Crippen molar-refractivity contribution in [3.8, 4) is 11.5 Å². The van der Waals surface area contributed by atoms with Gasteiger partial charge in [-0.25, -0.2) is 0 Å². The first-order valence-corrected chi connectivity index (χ1v) is 7.85. The summed E-state index contributed by atoms with van der Waals surface area (Å²) >= 11 is 0. The van der Waals surface area contributed by atoms with E-state index in [0.717, 1.165) is 12.8 Å². The van der Waals surface area contributed by atoms with Crippen LogP contribution in [0.4, 0.5) is 0 Å². The Morgan fingerprint density at radius 2 is 1.92 bits per heavy atom. The minimum Gasteiger partial charge on any atom is -0.496 e. The van der Waals surface area contributed by atoms with Gasteiger partial charge in [0.2, 0.25) is 0 Å². The van der Waals surface area contributed by atoms with Crippen molar-refractivity contribution in [1.82, 2.24) is 5.32 Å². The summed E-state index contributed by atoms with van der Waals surface area (Å²) in [7, 11) is 2.99. The number of carbonyl (C=O) groups is 1. The molecule has 24 heavy (non-hydrogen) atoms. The van der Waals surface area contributed by atoms with Gasteiger partial charge < -0.3 is 24.3 Å². The zero-order chi connectivity index (χ0) is 17.2. The predicted octanol–water partition coefficient (Wildman–Crippen LogP) is 2.32. The molecule has 128 valence electrons. The predicted molar refractivity (Wildman–Crippen MR) is 87.2 cm³/mol. The van der Waals surface area contributed by atoms with Gasteiger partial charge in [-0.3, -0.25) is 4.79 Å². The Balaban J connectivity index is 1.80. The van der Waals surface area contributed by atoms with Gasteiger partial charge in [0.1, 0.15) is 28.4 Å². The highest BCUT2D eigenvalue weighted by molar-refractivity contribution is 5.99. The van der Waals surface area contributed by atoms with Gasteiger partial charge in [0, 0.05) is 0 Å². The number of ether oxygens (including phenoxy) is 2. The molecule has 3 rings (SSSR count).